The van der Waals surface area contributed by atoms with E-state index in [1.807, 2.05) is 70.5 Å². The molecule has 0 aromatic heterocycles. The van der Waals surface area contributed by atoms with E-state index >= 15 is 4.79 Å². The van der Waals surface area contributed by atoms with Crippen LogP contribution in [-0.2, 0) is 24.7 Å². The molecule has 4 heterocycles. The molecule has 270 valence electrons. The van der Waals surface area contributed by atoms with Gasteiger partial charge in [0.2, 0.25) is 11.8 Å². The average molecular weight is 710 g/mol. The topological polar surface area (TPSA) is 99.6 Å². The van der Waals surface area contributed by atoms with Gasteiger partial charge in [-0.25, -0.2) is 0 Å². The SMILES string of the molecule is COc1ccc([Si](C)(C)[C@H]2[C@H](CC(=O)N3CCC[C@H]3CO)O[C@@]3(C(=O)N(c4ccccc4)c4ccc(N5CCCCCCC5=O)cc43)[C@@H]2C)cc1. The summed E-state index contributed by atoms with van der Waals surface area (Å²) in [5.74, 6) is 0.365. The van der Waals surface area contributed by atoms with E-state index in [1.165, 1.54) is 5.19 Å². The summed E-state index contributed by atoms with van der Waals surface area (Å²) in [6.45, 7) is 7.93. The number of anilines is 3. The minimum atomic E-state index is -2.49. The fourth-order valence-electron chi connectivity index (χ4n) is 9.50. The van der Waals surface area contributed by atoms with Gasteiger partial charge in [0.1, 0.15) is 5.75 Å². The Bertz CT molecular complexity index is 1770. The third kappa shape index (κ3) is 6.08. The molecule has 3 amide bonds. The number of ether oxygens (including phenoxy) is 2. The van der Waals surface area contributed by atoms with Gasteiger partial charge in [0, 0.05) is 42.4 Å². The zero-order valence-electron chi connectivity index (χ0n) is 30.3. The van der Waals surface area contributed by atoms with Crippen LogP contribution in [0, 0.1) is 5.92 Å². The molecule has 3 aromatic carbocycles. The van der Waals surface area contributed by atoms with Gasteiger partial charge in [-0.05, 0) is 73.7 Å². The van der Waals surface area contributed by atoms with Gasteiger partial charge in [0.05, 0.1) is 46.0 Å². The van der Waals surface area contributed by atoms with Crippen LogP contribution in [0.3, 0.4) is 0 Å². The molecule has 9 nitrogen and oxygen atoms in total. The summed E-state index contributed by atoms with van der Waals surface area (Å²) in [5, 5.41) is 11.3. The highest BCUT2D eigenvalue weighted by Crippen LogP contribution is 2.61. The Balaban J connectivity index is 1.37. The van der Waals surface area contributed by atoms with E-state index in [0.29, 0.717) is 19.5 Å². The normalized spacial score (nSPS) is 26.8. The number of para-hydroxylation sites is 1. The van der Waals surface area contributed by atoms with Crippen LogP contribution in [0.5, 0.6) is 5.75 Å². The number of methoxy groups -OCH3 is 1. The van der Waals surface area contributed by atoms with Crippen molar-refractivity contribution in [1.29, 1.82) is 0 Å². The number of amides is 3. The van der Waals surface area contributed by atoms with Gasteiger partial charge < -0.3 is 24.4 Å². The molecule has 10 heteroatoms. The fraction of sp³-hybridized carbons (Fsp3) is 0.488. The van der Waals surface area contributed by atoms with Crippen molar-refractivity contribution in [1.82, 2.24) is 4.90 Å². The van der Waals surface area contributed by atoms with E-state index in [0.717, 1.165) is 66.9 Å². The number of likely N-dealkylation sites (tertiary alicyclic amines) is 1. The van der Waals surface area contributed by atoms with Crippen molar-refractivity contribution in [2.45, 2.75) is 94.7 Å². The second kappa shape index (κ2) is 14.2. The number of fused-ring (bicyclic) bond motifs is 2. The molecule has 0 aliphatic carbocycles. The second-order valence-electron chi connectivity index (χ2n) is 15.3. The summed E-state index contributed by atoms with van der Waals surface area (Å²) in [5.41, 5.74) is 1.53. The van der Waals surface area contributed by atoms with Crippen LogP contribution in [0.2, 0.25) is 18.6 Å². The molecular formula is C41H51N3O6Si. The number of carbonyl (C=O) groups is 3. The van der Waals surface area contributed by atoms with Crippen molar-refractivity contribution in [3.63, 3.8) is 0 Å². The number of rotatable bonds is 8. The first-order valence-electron chi connectivity index (χ1n) is 18.7. The maximum atomic E-state index is 15.3. The highest BCUT2D eigenvalue weighted by molar-refractivity contribution is 6.91. The number of aliphatic hydroxyl groups excluding tert-OH is 1. The van der Waals surface area contributed by atoms with Crippen LogP contribution in [0.15, 0.2) is 72.8 Å². The van der Waals surface area contributed by atoms with Gasteiger partial charge in [-0.2, -0.15) is 0 Å². The molecule has 3 fully saturated rings. The Morgan fingerprint density at radius 1 is 0.941 bits per heavy atom. The van der Waals surface area contributed by atoms with E-state index in [-0.39, 0.29) is 48.3 Å². The number of aliphatic hydroxyl groups is 1. The van der Waals surface area contributed by atoms with Crippen LogP contribution >= 0.6 is 0 Å². The summed E-state index contributed by atoms with van der Waals surface area (Å²) in [7, 11) is -0.833. The van der Waals surface area contributed by atoms with Crippen molar-refractivity contribution in [2.24, 2.45) is 5.92 Å². The Morgan fingerprint density at radius 3 is 2.41 bits per heavy atom. The molecule has 51 heavy (non-hydrogen) atoms. The van der Waals surface area contributed by atoms with E-state index in [1.54, 1.807) is 12.0 Å². The van der Waals surface area contributed by atoms with Crippen LogP contribution < -0.4 is 19.7 Å². The second-order valence-corrected chi connectivity index (χ2v) is 20.0. The minimum absolute atomic E-state index is 0.0455. The molecule has 0 saturated carbocycles. The van der Waals surface area contributed by atoms with E-state index in [9.17, 15) is 14.7 Å². The molecule has 0 unspecified atom stereocenters. The lowest BCUT2D eigenvalue weighted by molar-refractivity contribution is -0.149. The summed E-state index contributed by atoms with van der Waals surface area (Å²) >= 11 is 0. The Kier molecular flexibility index (Phi) is 9.86. The molecular weight excluding hydrogens is 659 g/mol. The highest BCUT2D eigenvalue weighted by atomic mass is 28.3. The average Bonchev–Trinajstić information content (AvgIpc) is 3.80. The van der Waals surface area contributed by atoms with Crippen molar-refractivity contribution in [3.8, 4) is 5.75 Å². The smallest absolute Gasteiger partial charge is 0.268 e. The molecule has 3 saturated heterocycles. The summed E-state index contributed by atoms with van der Waals surface area (Å²) in [4.78, 5) is 48.4. The van der Waals surface area contributed by atoms with Crippen molar-refractivity contribution >= 4 is 48.0 Å². The number of hydrogen-bond donors (Lipinski definition) is 1. The number of nitrogens with zero attached hydrogens (tertiary/aromatic N) is 3. The van der Waals surface area contributed by atoms with Crippen LogP contribution in [0.4, 0.5) is 17.1 Å². The van der Waals surface area contributed by atoms with E-state index in [4.69, 9.17) is 9.47 Å². The zero-order valence-corrected chi connectivity index (χ0v) is 31.3. The van der Waals surface area contributed by atoms with Gasteiger partial charge in [0.15, 0.2) is 5.60 Å². The molecule has 0 radical (unpaired) electrons. The lowest BCUT2D eigenvalue weighted by Gasteiger charge is -2.37. The molecule has 4 aliphatic rings. The zero-order chi connectivity index (χ0) is 35.9. The number of carbonyl (C=O) groups excluding carboxylic acids is 3. The summed E-state index contributed by atoms with van der Waals surface area (Å²) in [6, 6.07) is 23.6. The van der Waals surface area contributed by atoms with Crippen molar-refractivity contribution in [3.05, 3.63) is 78.4 Å². The lowest BCUT2D eigenvalue weighted by Crippen LogP contribution is -2.52. The van der Waals surface area contributed by atoms with Gasteiger partial charge >= 0.3 is 0 Å². The first-order valence-corrected chi connectivity index (χ1v) is 21.8. The largest absolute Gasteiger partial charge is 0.497 e. The Labute approximate surface area is 302 Å². The van der Waals surface area contributed by atoms with Crippen LogP contribution in [-0.4, -0.2) is 74.8 Å². The van der Waals surface area contributed by atoms with Crippen LogP contribution in [0.25, 0.3) is 0 Å². The monoisotopic (exact) mass is 709 g/mol. The predicted molar refractivity (Wildman–Crippen MR) is 201 cm³/mol. The lowest BCUT2D eigenvalue weighted by atomic mass is 9.82. The molecule has 0 bridgehead atoms. The molecule has 4 aliphatic heterocycles. The molecule has 5 atom stereocenters. The third-order valence-corrected chi connectivity index (χ3v) is 16.5. The predicted octanol–water partition coefficient (Wildman–Crippen LogP) is 6.26. The minimum Gasteiger partial charge on any atom is -0.497 e. The van der Waals surface area contributed by atoms with Crippen molar-refractivity contribution < 1.29 is 29.0 Å². The summed E-state index contributed by atoms with van der Waals surface area (Å²) < 4.78 is 12.8. The van der Waals surface area contributed by atoms with E-state index in [2.05, 4.69) is 32.2 Å². The first-order chi connectivity index (χ1) is 24.6. The standard InChI is InChI=1S/C41H51N3O6Si/c1-28-39(51(3,4)33-20-18-32(49-2)19-21-33)36(26-38(47)43-24-12-15-31(43)27-45)50-41(28)34-25-30(42-23-11-6-5-10-16-37(42)46)17-22-35(34)44(40(41)48)29-13-8-7-9-14-29/h7-9,13-14,17-22,25,28,31,36,39,45H,5-6,10-12,15-16,23-24,26-27H2,1-4H3/t28-,31+,36+,39-,41+/m1/s1. The fourth-order valence-corrected chi connectivity index (χ4v) is 13.5. The summed E-state index contributed by atoms with van der Waals surface area (Å²) in [6.07, 6.45) is 5.65. The van der Waals surface area contributed by atoms with Crippen molar-refractivity contribution in [2.75, 3.05) is 36.6 Å². The maximum absolute atomic E-state index is 15.3. The molecule has 1 N–H and O–H groups in total. The Morgan fingerprint density at radius 2 is 1.69 bits per heavy atom. The molecule has 7 rings (SSSR count). The Hall–Kier alpha value is -3.99. The van der Waals surface area contributed by atoms with Gasteiger partial charge in [-0.1, -0.05) is 68.4 Å². The molecule has 1 spiro atoms. The third-order valence-electron chi connectivity index (χ3n) is 12.2. The quantitative estimate of drug-likeness (QED) is 0.278. The van der Waals surface area contributed by atoms with Gasteiger partial charge in [-0.15, -0.1) is 0 Å². The highest BCUT2D eigenvalue weighted by Gasteiger charge is 2.67. The van der Waals surface area contributed by atoms with Gasteiger partial charge in [-0.3, -0.25) is 19.3 Å². The van der Waals surface area contributed by atoms with E-state index < -0.39 is 19.8 Å². The number of benzene rings is 3. The van der Waals surface area contributed by atoms with Crippen LogP contribution in [0.1, 0.15) is 63.9 Å². The van der Waals surface area contributed by atoms with Gasteiger partial charge in [0.25, 0.3) is 5.91 Å². The molecule has 3 aromatic rings. The maximum Gasteiger partial charge on any atom is 0.268 e. The number of hydrogen-bond acceptors (Lipinski definition) is 6. The first kappa shape index (κ1) is 35.4.